The second-order valence-electron chi connectivity index (χ2n) is 4.29. The van der Waals surface area contributed by atoms with Crippen molar-refractivity contribution in [3.63, 3.8) is 0 Å². The van der Waals surface area contributed by atoms with E-state index < -0.39 is 0 Å². The monoisotopic (exact) mass is 312 g/mol. The molecule has 0 aliphatic rings. The Bertz CT molecular complexity index is 545. The molecule has 2 rings (SSSR count). The molecule has 0 aliphatic heterocycles. The lowest BCUT2D eigenvalue weighted by molar-refractivity contribution is 0.513. The van der Waals surface area contributed by atoms with Gasteiger partial charge in [0.15, 0.2) is 0 Å². The van der Waals surface area contributed by atoms with Crippen LogP contribution in [0.4, 0.5) is 0 Å². The van der Waals surface area contributed by atoms with Crippen LogP contribution < -0.4 is 0 Å². The van der Waals surface area contributed by atoms with Gasteiger partial charge < -0.3 is 4.42 Å². The minimum Gasteiger partial charge on any atom is -0.467 e. The second kappa shape index (κ2) is 4.87. The van der Waals surface area contributed by atoms with Crippen molar-refractivity contribution in [1.82, 2.24) is 0 Å². The Hall–Kier alpha value is -0.730. The van der Waals surface area contributed by atoms with Crippen LogP contribution in [-0.4, -0.2) is 0 Å². The fraction of sp³-hybridized carbons (Fsp3) is 0.286. The van der Waals surface area contributed by atoms with Crippen molar-refractivity contribution in [2.75, 3.05) is 0 Å². The molecule has 0 radical (unpaired) electrons. The largest absolute Gasteiger partial charge is 0.467 e. The molecular weight excluding hydrogens is 300 g/mol. The lowest BCUT2D eigenvalue weighted by Gasteiger charge is -2.13. The van der Waals surface area contributed by atoms with Crippen LogP contribution in [0.2, 0.25) is 0 Å². The average molecular weight is 314 g/mol. The summed E-state index contributed by atoms with van der Waals surface area (Å²) in [6, 6.07) is 6.14. The van der Waals surface area contributed by atoms with Gasteiger partial charge in [-0.25, -0.2) is 0 Å². The van der Waals surface area contributed by atoms with E-state index in [1.54, 1.807) is 6.26 Å². The molecule has 2 aromatic rings. The summed E-state index contributed by atoms with van der Waals surface area (Å²) in [5, 5.41) is -0.225. The van der Waals surface area contributed by atoms with E-state index in [1.807, 2.05) is 13.0 Å². The van der Waals surface area contributed by atoms with Gasteiger partial charge >= 0.3 is 0 Å². The van der Waals surface area contributed by atoms with E-state index in [9.17, 15) is 0 Å². The van der Waals surface area contributed by atoms with E-state index in [1.165, 1.54) is 11.1 Å². The van der Waals surface area contributed by atoms with Crippen LogP contribution in [0.3, 0.4) is 0 Å². The third-order valence-corrected chi connectivity index (χ3v) is 4.24. The maximum absolute atomic E-state index is 6.50. The highest BCUT2D eigenvalue weighted by Crippen LogP contribution is 2.35. The van der Waals surface area contributed by atoms with E-state index in [2.05, 4.69) is 41.9 Å². The molecule has 0 amide bonds. The molecule has 1 atom stereocenters. The Morgan fingerprint density at radius 1 is 1.12 bits per heavy atom. The van der Waals surface area contributed by atoms with E-state index in [4.69, 9.17) is 16.0 Å². The third kappa shape index (κ3) is 2.43. The van der Waals surface area contributed by atoms with E-state index >= 15 is 0 Å². The predicted molar refractivity (Wildman–Crippen MR) is 74.8 cm³/mol. The van der Waals surface area contributed by atoms with Crippen LogP contribution in [0, 0.1) is 20.8 Å². The summed E-state index contributed by atoms with van der Waals surface area (Å²) in [4.78, 5) is 0. The standard InChI is InChI=1S/C14H14BrClO/c1-8-4-5-17-14(8)13(16)11-6-10(3)12(15)7-9(11)2/h4-7,13H,1-3H3. The van der Waals surface area contributed by atoms with Crippen LogP contribution in [0.5, 0.6) is 0 Å². The molecule has 0 saturated carbocycles. The minimum atomic E-state index is -0.225. The fourth-order valence-electron chi connectivity index (χ4n) is 1.86. The fourth-order valence-corrected chi connectivity index (χ4v) is 2.78. The van der Waals surface area contributed by atoms with Crippen molar-refractivity contribution < 1.29 is 4.42 Å². The molecule has 0 spiro atoms. The number of furan rings is 1. The van der Waals surface area contributed by atoms with Crippen LogP contribution >= 0.6 is 27.5 Å². The first kappa shape index (κ1) is 12.7. The number of halogens is 2. The van der Waals surface area contributed by atoms with Crippen LogP contribution in [0.25, 0.3) is 0 Å². The molecule has 90 valence electrons. The highest BCUT2D eigenvalue weighted by Gasteiger charge is 2.19. The first-order chi connectivity index (χ1) is 8.00. The number of hydrogen-bond donors (Lipinski definition) is 0. The summed E-state index contributed by atoms with van der Waals surface area (Å²) in [6.07, 6.45) is 1.68. The third-order valence-electron chi connectivity index (χ3n) is 2.95. The Balaban J connectivity index is 2.48. The van der Waals surface area contributed by atoms with Gasteiger partial charge in [0.05, 0.1) is 6.26 Å². The Morgan fingerprint density at radius 3 is 2.41 bits per heavy atom. The number of alkyl halides is 1. The van der Waals surface area contributed by atoms with E-state index in [0.29, 0.717) is 0 Å². The van der Waals surface area contributed by atoms with Crippen molar-refractivity contribution >= 4 is 27.5 Å². The molecule has 3 heteroatoms. The zero-order chi connectivity index (χ0) is 12.6. The summed E-state index contributed by atoms with van der Waals surface area (Å²) in [5.41, 5.74) is 4.54. The molecule has 1 nitrogen and oxygen atoms in total. The van der Waals surface area contributed by atoms with Gasteiger partial charge in [-0.3, -0.25) is 0 Å². The van der Waals surface area contributed by atoms with Crippen molar-refractivity contribution in [3.05, 3.63) is 56.9 Å². The molecule has 17 heavy (non-hydrogen) atoms. The summed E-state index contributed by atoms with van der Waals surface area (Å²) in [7, 11) is 0. The van der Waals surface area contributed by atoms with Crippen molar-refractivity contribution in [1.29, 1.82) is 0 Å². The molecule has 0 aliphatic carbocycles. The molecule has 1 heterocycles. The molecule has 0 saturated heterocycles. The molecule has 1 unspecified atom stereocenters. The summed E-state index contributed by atoms with van der Waals surface area (Å²) in [5.74, 6) is 0.830. The highest BCUT2D eigenvalue weighted by atomic mass is 79.9. The van der Waals surface area contributed by atoms with Gasteiger partial charge in [-0.15, -0.1) is 11.6 Å². The van der Waals surface area contributed by atoms with Crippen molar-refractivity contribution in [2.45, 2.75) is 26.1 Å². The van der Waals surface area contributed by atoms with Gasteiger partial charge in [0.2, 0.25) is 0 Å². The van der Waals surface area contributed by atoms with E-state index in [-0.39, 0.29) is 5.38 Å². The number of hydrogen-bond acceptors (Lipinski definition) is 1. The summed E-state index contributed by atoms with van der Waals surface area (Å²) in [6.45, 7) is 6.13. The van der Waals surface area contributed by atoms with Gasteiger partial charge in [0, 0.05) is 4.47 Å². The van der Waals surface area contributed by atoms with Gasteiger partial charge in [-0.1, -0.05) is 22.0 Å². The smallest absolute Gasteiger partial charge is 0.128 e. The molecule has 0 fully saturated rings. The Morgan fingerprint density at radius 2 is 1.82 bits per heavy atom. The number of rotatable bonds is 2. The average Bonchev–Trinajstić information content (AvgIpc) is 2.69. The van der Waals surface area contributed by atoms with Gasteiger partial charge in [-0.05, 0) is 55.2 Å². The lowest BCUT2D eigenvalue weighted by atomic mass is 10.00. The normalized spacial score (nSPS) is 12.8. The molecule has 1 aromatic carbocycles. The molecule has 0 bridgehead atoms. The number of benzene rings is 1. The molecular formula is C14H14BrClO. The zero-order valence-corrected chi connectivity index (χ0v) is 12.4. The highest BCUT2D eigenvalue weighted by molar-refractivity contribution is 9.10. The maximum Gasteiger partial charge on any atom is 0.128 e. The van der Waals surface area contributed by atoms with Gasteiger partial charge in [-0.2, -0.15) is 0 Å². The first-order valence-corrected chi connectivity index (χ1v) is 6.68. The van der Waals surface area contributed by atoms with Gasteiger partial charge in [0.1, 0.15) is 11.1 Å². The summed E-state index contributed by atoms with van der Waals surface area (Å²) < 4.78 is 6.57. The first-order valence-electron chi connectivity index (χ1n) is 5.45. The topological polar surface area (TPSA) is 13.1 Å². The van der Waals surface area contributed by atoms with Crippen molar-refractivity contribution in [2.24, 2.45) is 0 Å². The Kier molecular flexibility index (Phi) is 3.64. The maximum atomic E-state index is 6.50. The zero-order valence-electron chi connectivity index (χ0n) is 10.1. The van der Waals surface area contributed by atoms with Crippen molar-refractivity contribution in [3.8, 4) is 0 Å². The molecule has 0 N–H and O–H groups in total. The van der Waals surface area contributed by atoms with Crippen LogP contribution in [0.1, 0.15) is 33.4 Å². The molecule has 1 aromatic heterocycles. The predicted octanol–water partition coefficient (Wildman–Crippen LogP) is 5.30. The van der Waals surface area contributed by atoms with E-state index in [0.717, 1.165) is 21.4 Å². The number of aryl methyl sites for hydroxylation is 3. The minimum absolute atomic E-state index is 0.225. The van der Waals surface area contributed by atoms with Gasteiger partial charge in [0.25, 0.3) is 0 Å². The Labute approximate surface area is 115 Å². The quantitative estimate of drug-likeness (QED) is 0.686. The lowest BCUT2D eigenvalue weighted by Crippen LogP contribution is -1.98. The van der Waals surface area contributed by atoms with Crippen LogP contribution in [0.15, 0.2) is 33.4 Å². The second-order valence-corrected chi connectivity index (χ2v) is 5.58. The van der Waals surface area contributed by atoms with Crippen LogP contribution in [-0.2, 0) is 0 Å². The SMILES string of the molecule is Cc1cc(C(Cl)c2occc2C)c(C)cc1Br. The summed E-state index contributed by atoms with van der Waals surface area (Å²) >= 11 is 10.0.